The number of thiocarbonyl (C=S) groups is 1. The standard InChI is InChI=1S/C23H26ClN3O2S/c1-29-20-9-5-18(6-10-20)23(12-13-23)21(28)26-15-2-16-27(26)22(30)25-14-11-17-3-7-19(24)8-4-17/h3-10H,2,11-16H2,1H3,(H,25,30). The number of nitrogens with zero attached hydrogens (tertiary/aromatic N) is 2. The van der Waals surface area contributed by atoms with Crippen LogP contribution in [0.25, 0.3) is 0 Å². The fraction of sp³-hybridized carbons (Fsp3) is 0.391. The van der Waals surface area contributed by atoms with Gasteiger partial charge in [0.15, 0.2) is 5.11 Å². The maximum Gasteiger partial charge on any atom is 0.251 e. The third-order valence-electron chi connectivity index (χ3n) is 5.91. The van der Waals surface area contributed by atoms with Crippen molar-refractivity contribution in [1.82, 2.24) is 15.3 Å². The molecule has 2 aliphatic rings. The van der Waals surface area contributed by atoms with Gasteiger partial charge in [-0.05, 0) is 73.3 Å². The zero-order valence-electron chi connectivity index (χ0n) is 17.1. The lowest BCUT2D eigenvalue weighted by molar-refractivity contribution is -0.141. The molecule has 2 aromatic carbocycles. The third kappa shape index (κ3) is 4.25. The highest BCUT2D eigenvalue weighted by molar-refractivity contribution is 7.80. The molecule has 1 aliphatic carbocycles. The van der Waals surface area contributed by atoms with Crippen LogP contribution in [0.1, 0.15) is 30.4 Å². The average Bonchev–Trinajstić information content (AvgIpc) is 3.43. The van der Waals surface area contributed by atoms with Gasteiger partial charge in [0, 0.05) is 24.7 Å². The van der Waals surface area contributed by atoms with E-state index in [0.717, 1.165) is 48.6 Å². The van der Waals surface area contributed by atoms with Gasteiger partial charge in [0.25, 0.3) is 5.91 Å². The van der Waals surface area contributed by atoms with E-state index in [1.165, 1.54) is 5.56 Å². The van der Waals surface area contributed by atoms with Crippen molar-refractivity contribution in [2.24, 2.45) is 0 Å². The fourth-order valence-electron chi connectivity index (χ4n) is 4.00. The van der Waals surface area contributed by atoms with E-state index < -0.39 is 5.41 Å². The van der Waals surface area contributed by atoms with Gasteiger partial charge in [-0.1, -0.05) is 35.9 Å². The number of hydrogen-bond donors (Lipinski definition) is 1. The second-order valence-electron chi connectivity index (χ2n) is 7.82. The van der Waals surface area contributed by atoms with E-state index in [1.807, 2.05) is 58.5 Å². The molecule has 0 bridgehead atoms. The highest BCUT2D eigenvalue weighted by Crippen LogP contribution is 2.50. The summed E-state index contributed by atoms with van der Waals surface area (Å²) in [5, 5.41) is 8.44. The van der Waals surface area contributed by atoms with E-state index in [2.05, 4.69) is 5.32 Å². The summed E-state index contributed by atoms with van der Waals surface area (Å²) in [5.74, 6) is 0.947. The molecular weight excluding hydrogens is 418 g/mol. The molecule has 1 amide bonds. The molecule has 4 rings (SSSR count). The summed E-state index contributed by atoms with van der Waals surface area (Å²) in [6, 6.07) is 15.7. The van der Waals surface area contributed by atoms with Crippen LogP contribution in [0.15, 0.2) is 48.5 Å². The Morgan fingerprint density at radius 3 is 2.40 bits per heavy atom. The second kappa shape index (κ2) is 8.82. The van der Waals surface area contributed by atoms with Crippen LogP contribution in [-0.2, 0) is 16.6 Å². The molecular formula is C23H26ClN3O2S. The summed E-state index contributed by atoms with van der Waals surface area (Å²) in [7, 11) is 1.65. The molecule has 0 atom stereocenters. The molecule has 1 heterocycles. The van der Waals surface area contributed by atoms with Gasteiger partial charge < -0.3 is 10.1 Å². The third-order valence-corrected chi connectivity index (χ3v) is 6.51. The van der Waals surface area contributed by atoms with Gasteiger partial charge >= 0.3 is 0 Å². The first-order valence-corrected chi connectivity index (χ1v) is 11.1. The zero-order chi connectivity index (χ0) is 21.1. The quantitative estimate of drug-likeness (QED) is 0.685. The van der Waals surface area contributed by atoms with Crippen molar-refractivity contribution in [3.05, 3.63) is 64.7 Å². The number of ether oxygens (including phenoxy) is 1. The van der Waals surface area contributed by atoms with Gasteiger partial charge in [-0.2, -0.15) is 0 Å². The minimum absolute atomic E-state index is 0.145. The van der Waals surface area contributed by atoms with E-state index in [0.29, 0.717) is 18.2 Å². The molecule has 0 spiro atoms. The molecule has 158 valence electrons. The summed E-state index contributed by atoms with van der Waals surface area (Å²) in [6.45, 7) is 2.18. The largest absolute Gasteiger partial charge is 0.497 e. The predicted molar refractivity (Wildman–Crippen MR) is 123 cm³/mol. The predicted octanol–water partition coefficient (Wildman–Crippen LogP) is 3.95. The van der Waals surface area contributed by atoms with Crippen molar-refractivity contribution >= 4 is 34.8 Å². The van der Waals surface area contributed by atoms with Crippen LogP contribution >= 0.6 is 23.8 Å². The number of hydrazine groups is 1. The first-order chi connectivity index (χ1) is 14.5. The van der Waals surface area contributed by atoms with Crippen LogP contribution in [0.2, 0.25) is 5.02 Å². The molecule has 1 saturated heterocycles. The van der Waals surface area contributed by atoms with Crippen molar-refractivity contribution in [2.75, 3.05) is 26.7 Å². The minimum atomic E-state index is -0.423. The Morgan fingerprint density at radius 2 is 1.77 bits per heavy atom. The lowest BCUT2D eigenvalue weighted by Crippen LogP contribution is -2.52. The number of carbonyl (C=O) groups excluding carboxylic acids is 1. The smallest absolute Gasteiger partial charge is 0.251 e. The molecule has 1 N–H and O–H groups in total. The van der Waals surface area contributed by atoms with Crippen LogP contribution in [0.3, 0.4) is 0 Å². The van der Waals surface area contributed by atoms with E-state index >= 15 is 0 Å². The summed E-state index contributed by atoms with van der Waals surface area (Å²) in [5.41, 5.74) is 1.83. The van der Waals surface area contributed by atoms with Crippen molar-refractivity contribution in [1.29, 1.82) is 0 Å². The molecule has 0 radical (unpaired) electrons. The van der Waals surface area contributed by atoms with E-state index in [1.54, 1.807) is 7.11 Å². The first kappa shape index (κ1) is 20.9. The van der Waals surface area contributed by atoms with Gasteiger partial charge in [0.05, 0.1) is 12.5 Å². The minimum Gasteiger partial charge on any atom is -0.497 e. The van der Waals surface area contributed by atoms with Gasteiger partial charge in [-0.3, -0.25) is 14.8 Å². The molecule has 5 nitrogen and oxygen atoms in total. The van der Waals surface area contributed by atoms with Crippen LogP contribution in [0, 0.1) is 0 Å². The zero-order valence-corrected chi connectivity index (χ0v) is 18.6. The van der Waals surface area contributed by atoms with Crippen molar-refractivity contribution in [2.45, 2.75) is 31.1 Å². The number of amides is 1. The second-order valence-corrected chi connectivity index (χ2v) is 8.65. The maximum absolute atomic E-state index is 13.5. The highest BCUT2D eigenvalue weighted by Gasteiger charge is 2.54. The van der Waals surface area contributed by atoms with Crippen LogP contribution in [0.4, 0.5) is 0 Å². The van der Waals surface area contributed by atoms with E-state index in [9.17, 15) is 4.79 Å². The van der Waals surface area contributed by atoms with Gasteiger partial charge in [-0.25, -0.2) is 0 Å². The number of benzene rings is 2. The van der Waals surface area contributed by atoms with Gasteiger partial charge in [-0.15, -0.1) is 0 Å². The number of rotatable bonds is 6. The molecule has 1 saturated carbocycles. The Bertz CT molecular complexity index is 913. The topological polar surface area (TPSA) is 44.8 Å². The van der Waals surface area contributed by atoms with Crippen molar-refractivity contribution in [3.63, 3.8) is 0 Å². The molecule has 0 aromatic heterocycles. The maximum atomic E-state index is 13.5. The van der Waals surface area contributed by atoms with Gasteiger partial charge in [0.1, 0.15) is 5.75 Å². The molecule has 0 unspecified atom stereocenters. The average molecular weight is 444 g/mol. The number of hydrogen-bond acceptors (Lipinski definition) is 3. The molecule has 2 aromatic rings. The monoisotopic (exact) mass is 443 g/mol. The number of carbonyl (C=O) groups is 1. The Hall–Kier alpha value is -2.31. The molecule has 1 aliphatic heterocycles. The van der Waals surface area contributed by atoms with Crippen LogP contribution in [-0.4, -0.2) is 47.8 Å². The summed E-state index contributed by atoms with van der Waals surface area (Å²) in [6.07, 6.45) is 3.51. The summed E-state index contributed by atoms with van der Waals surface area (Å²) < 4.78 is 5.25. The Kier molecular flexibility index (Phi) is 6.16. The molecule has 2 fully saturated rings. The Labute approximate surface area is 187 Å². The fourth-order valence-corrected chi connectivity index (χ4v) is 4.42. The highest BCUT2D eigenvalue weighted by atomic mass is 35.5. The number of halogens is 1. The Morgan fingerprint density at radius 1 is 1.10 bits per heavy atom. The SMILES string of the molecule is COc1ccc(C2(C(=O)N3CCCN3C(=S)NCCc3ccc(Cl)cc3)CC2)cc1. The summed E-state index contributed by atoms with van der Waals surface area (Å²) >= 11 is 11.6. The summed E-state index contributed by atoms with van der Waals surface area (Å²) in [4.78, 5) is 13.5. The van der Waals surface area contributed by atoms with Crippen molar-refractivity contribution < 1.29 is 9.53 Å². The first-order valence-electron chi connectivity index (χ1n) is 10.3. The van der Waals surface area contributed by atoms with Crippen LogP contribution < -0.4 is 10.1 Å². The molecule has 30 heavy (non-hydrogen) atoms. The Balaban J connectivity index is 1.38. The van der Waals surface area contributed by atoms with Gasteiger partial charge in [0.2, 0.25) is 0 Å². The van der Waals surface area contributed by atoms with E-state index in [4.69, 9.17) is 28.6 Å². The molecule has 7 heteroatoms. The van der Waals surface area contributed by atoms with Crippen molar-refractivity contribution in [3.8, 4) is 5.75 Å². The normalized spacial score (nSPS) is 17.0. The lowest BCUT2D eigenvalue weighted by Gasteiger charge is -2.33. The lowest BCUT2D eigenvalue weighted by atomic mass is 9.94. The number of methoxy groups -OCH3 is 1. The number of nitrogens with one attached hydrogen (secondary N) is 1. The van der Waals surface area contributed by atoms with E-state index in [-0.39, 0.29) is 5.91 Å². The van der Waals surface area contributed by atoms with Crippen LogP contribution in [0.5, 0.6) is 5.75 Å².